The van der Waals surface area contributed by atoms with Crippen LogP contribution in [0, 0.1) is 6.92 Å². The highest BCUT2D eigenvalue weighted by atomic mass is 35.5. The largest absolute Gasteiger partial charge is 0.348 e. The van der Waals surface area contributed by atoms with Crippen LogP contribution in [0.15, 0.2) is 23.7 Å². The Balaban J connectivity index is 1.74. The Hall–Kier alpha value is -1.92. The molecule has 1 aliphatic heterocycles. The molecule has 1 aliphatic rings. The molecular formula is C18H20ClN3O2S. The van der Waals surface area contributed by atoms with E-state index in [1.807, 2.05) is 37.6 Å². The van der Waals surface area contributed by atoms with Crippen molar-refractivity contribution in [2.75, 3.05) is 6.54 Å². The van der Waals surface area contributed by atoms with Gasteiger partial charge in [-0.3, -0.25) is 9.59 Å². The summed E-state index contributed by atoms with van der Waals surface area (Å²) >= 11 is 8.04. The highest BCUT2D eigenvalue weighted by molar-refractivity contribution is 7.13. The van der Waals surface area contributed by atoms with Crippen molar-refractivity contribution in [1.29, 1.82) is 0 Å². The summed E-state index contributed by atoms with van der Waals surface area (Å²) in [5, 5.41) is 3.58. The number of aromatic nitrogens is 1. The quantitative estimate of drug-likeness (QED) is 0.810. The fraction of sp³-hybridized carbons (Fsp3) is 0.389. The lowest BCUT2D eigenvalue weighted by Crippen LogP contribution is -2.43. The van der Waals surface area contributed by atoms with E-state index < -0.39 is 0 Å². The number of hydrogen-bond donors (Lipinski definition) is 1. The normalized spacial score (nSPS) is 18.2. The van der Waals surface area contributed by atoms with Gasteiger partial charge in [0.15, 0.2) is 0 Å². The van der Waals surface area contributed by atoms with E-state index in [1.165, 1.54) is 0 Å². The van der Waals surface area contributed by atoms with Gasteiger partial charge >= 0.3 is 0 Å². The molecule has 7 heteroatoms. The van der Waals surface area contributed by atoms with Gasteiger partial charge in [-0.15, -0.1) is 11.3 Å². The smallest absolute Gasteiger partial charge is 0.243 e. The van der Waals surface area contributed by atoms with Crippen LogP contribution >= 0.6 is 22.9 Å². The first kappa shape index (κ1) is 17.9. The molecule has 2 atom stereocenters. The molecule has 0 bridgehead atoms. The zero-order chi connectivity index (χ0) is 18.0. The summed E-state index contributed by atoms with van der Waals surface area (Å²) in [6, 6.07) is 5.24. The molecule has 2 heterocycles. The molecular weight excluding hydrogens is 358 g/mol. The van der Waals surface area contributed by atoms with Crippen LogP contribution in [0.25, 0.3) is 10.4 Å². The van der Waals surface area contributed by atoms with Crippen LogP contribution < -0.4 is 5.32 Å². The van der Waals surface area contributed by atoms with Crippen molar-refractivity contribution in [3.05, 3.63) is 40.0 Å². The fourth-order valence-corrected chi connectivity index (χ4v) is 4.33. The molecule has 1 aromatic carbocycles. The highest BCUT2D eigenvalue weighted by Gasteiger charge is 2.30. The van der Waals surface area contributed by atoms with Gasteiger partial charge in [-0.2, -0.15) is 0 Å². The maximum absolute atomic E-state index is 12.4. The van der Waals surface area contributed by atoms with Crippen LogP contribution in [0.3, 0.4) is 0 Å². The predicted molar refractivity (Wildman–Crippen MR) is 99.6 cm³/mol. The van der Waals surface area contributed by atoms with Crippen molar-refractivity contribution >= 4 is 35.3 Å². The minimum atomic E-state index is -0.377. The van der Waals surface area contributed by atoms with E-state index in [0.717, 1.165) is 34.5 Å². The lowest BCUT2D eigenvalue weighted by molar-refractivity contribution is -0.131. The minimum Gasteiger partial charge on any atom is -0.348 e. The Bertz CT molecular complexity index is 792. The lowest BCUT2D eigenvalue weighted by Gasteiger charge is -2.23. The van der Waals surface area contributed by atoms with Crippen LogP contribution in [0.5, 0.6) is 0 Å². The molecule has 0 saturated carbocycles. The second-order valence-corrected chi connectivity index (χ2v) is 7.50. The molecule has 1 aromatic heterocycles. The van der Waals surface area contributed by atoms with E-state index in [0.29, 0.717) is 18.0 Å². The summed E-state index contributed by atoms with van der Waals surface area (Å²) < 4.78 is 0. The summed E-state index contributed by atoms with van der Waals surface area (Å²) in [6.45, 7) is 4.51. The number of nitrogens with zero attached hydrogens (tertiary/aromatic N) is 2. The van der Waals surface area contributed by atoms with Gasteiger partial charge in [-0.1, -0.05) is 23.7 Å². The SMILES string of the molecule is Cc1ncsc1-c1ccc(C(C)NC(=O)C2CCCN2C=O)c(Cl)c1. The van der Waals surface area contributed by atoms with Crippen LogP contribution in [0.4, 0.5) is 0 Å². The van der Waals surface area contributed by atoms with Gasteiger partial charge in [0.05, 0.1) is 22.1 Å². The number of aryl methyl sites for hydroxylation is 1. The van der Waals surface area contributed by atoms with Crippen molar-refractivity contribution in [2.45, 2.75) is 38.8 Å². The summed E-state index contributed by atoms with van der Waals surface area (Å²) in [7, 11) is 0. The molecule has 25 heavy (non-hydrogen) atoms. The molecule has 0 radical (unpaired) electrons. The second-order valence-electron chi connectivity index (χ2n) is 6.23. The number of benzene rings is 1. The standard InChI is InChI=1S/C18H20ClN3O2S/c1-11(21-18(24)16-4-3-7-22(16)10-23)14-6-5-13(8-15(14)19)17-12(2)20-9-25-17/h5-6,8-11,16H,3-4,7H2,1-2H3,(H,21,24). The molecule has 1 fully saturated rings. The Morgan fingerprint density at radius 1 is 1.52 bits per heavy atom. The van der Waals surface area contributed by atoms with Gasteiger partial charge in [0.25, 0.3) is 0 Å². The number of halogens is 1. The van der Waals surface area contributed by atoms with E-state index in [1.54, 1.807) is 16.2 Å². The van der Waals surface area contributed by atoms with Crippen LogP contribution in [0.1, 0.15) is 37.1 Å². The van der Waals surface area contributed by atoms with Crippen LogP contribution in [-0.4, -0.2) is 34.8 Å². The van der Waals surface area contributed by atoms with Crippen LogP contribution in [0.2, 0.25) is 5.02 Å². The molecule has 1 N–H and O–H groups in total. The Morgan fingerprint density at radius 3 is 2.96 bits per heavy atom. The number of carbonyl (C=O) groups excluding carboxylic acids is 2. The first-order valence-corrected chi connectivity index (χ1v) is 9.48. The fourth-order valence-electron chi connectivity index (χ4n) is 3.18. The number of rotatable bonds is 5. The summed E-state index contributed by atoms with van der Waals surface area (Å²) in [4.78, 5) is 30.4. The van der Waals surface area contributed by atoms with Gasteiger partial charge in [0, 0.05) is 11.6 Å². The third-order valence-electron chi connectivity index (χ3n) is 4.57. The minimum absolute atomic E-state index is 0.129. The third kappa shape index (κ3) is 3.70. The number of hydrogen-bond acceptors (Lipinski definition) is 4. The topological polar surface area (TPSA) is 62.3 Å². The van der Waals surface area contributed by atoms with Crippen molar-refractivity contribution in [3.63, 3.8) is 0 Å². The Labute approximate surface area is 156 Å². The zero-order valence-corrected chi connectivity index (χ0v) is 15.7. The Morgan fingerprint density at radius 2 is 2.32 bits per heavy atom. The summed E-state index contributed by atoms with van der Waals surface area (Å²) in [6.07, 6.45) is 2.31. The van der Waals surface area contributed by atoms with Gasteiger partial charge in [-0.25, -0.2) is 4.98 Å². The van der Waals surface area contributed by atoms with Crippen molar-refractivity contribution in [1.82, 2.24) is 15.2 Å². The molecule has 0 spiro atoms. The van der Waals surface area contributed by atoms with E-state index >= 15 is 0 Å². The van der Waals surface area contributed by atoms with Crippen molar-refractivity contribution in [2.24, 2.45) is 0 Å². The molecule has 1 saturated heterocycles. The zero-order valence-electron chi connectivity index (χ0n) is 14.2. The molecule has 2 amide bonds. The average Bonchev–Trinajstić information content (AvgIpc) is 3.22. The molecule has 132 valence electrons. The molecule has 2 unspecified atom stereocenters. The lowest BCUT2D eigenvalue weighted by atomic mass is 10.0. The number of thiazole rings is 1. The van der Waals surface area contributed by atoms with E-state index in [4.69, 9.17) is 11.6 Å². The van der Waals surface area contributed by atoms with Crippen molar-refractivity contribution in [3.8, 4) is 10.4 Å². The first-order chi connectivity index (χ1) is 12.0. The molecule has 5 nitrogen and oxygen atoms in total. The third-order valence-corrected chi connectivity index (χ3v) is 5.87. The van der Waals surface area contributed by atoms with E-state index in [-0.39, 0.29) is 18.0 Å². The predicted octanol–water partition coefficient (Wildman–Crippen LogP) is 3.57. The Kier molecular flexibility index (Phi) is 5.39. The van der Waals surface area contributed by atoms with E-state index in [9.17, 15) is 9.59 Å². The van der Waals surface area contributed by atoms with Crippen LogP contribution in [-0.2, 0) is 9.59 Å². The number of nitrogens with one attached hydrogen (secondary N) is 1. The second kappa shape index (κ2) is 7.54. The molecule has 2 aromatic rings. The molecule has 0 aliphatic carbocycles. The first-order valence-electron chi connectivity index (χ1n) is 8.22. The van der Waals surface area contributed by atoms with Gasteiger partial charge in [-0.05, 0) is 43.9 Å². The summed E-state index contributed by atoms with van der Waals surface area (Å²) in [5.41, 5.74) is 4.67. The van der Waals surface area contributed by atoms with Gasteiger partial charge in [0.2, 0.25) is 12.3 Å². The average molecular weight is 378 g/mol. The maximum Gasteiger partial charge on any atom is 0.243 e. The monoisotopic (exact) mass is 377 g/mol. The number of amides is 2. The number of likely N-dealkylation sites (tertiary alicyclic amines) is 1. The number of carbonyl (C=O) groups is 2. The van der Waals surface area contributed by atoms with Crippen molar-refractivity contribution < 1.29 is 9.59 Å². The van der Waals surface area contributed by atoms with E-state index in [2.05, 4.69) is 10.3 Å². The molecule has 3 rings (SSSR count). The maximum atomic E-state index is 12.4. The highest BCUT2D eigenvalue weighted by Crippen LogP contribution is 2.32. The summed E-state index contributed by atoms with van der Waals surface area (Å²) in [5.74, 6) is -0.129. The van der Waals surface area contributed by atoms with Gasteiger partial charge < -0.3 is 10.2 Å². The van der Waals surface area contributed by atoms with Gasteiger partial charge in [0.1, 0.15) is 6.04 Å².